The molecule has 2 aromatic carbocycles. The van der Waals surface area contributed by atoms with Gasteiger partial charge in [0.25, 0.3) is 5.92 Å². The highest BCUT2D eigenvalue weighted by atomic mass is 19.3. The van der Waals surface area contributed by atoms with E-state index in [9.17, 15) is 0 Å². The smallest absolute Gasteiger partial charge is 0.255 e. The van der Waals surface area contributed by atoms with Crippen molar-refractivity contribution in [3.63, 3.8) is 0 Å². The third kappa shape index (κ3) is 1.97. The van der Waals surface area contributed by atoms with Gasteiger partial charge in [-0.3, -0.25) is 4.98 Å². The minimum Gasteiger partial charge on any atom is -0.255 e. The molecule has 0 radical (unpaired) electrons. The molecule has 0 N–H and O–H groups in total. The Morgan fingerprint density at radius 3 is 2.12 bits per heavy atom. The van der Waals surface area contributed by atoms with Gasteiger partial charge >= 0.3 is 0 Å². The SMILES string of the molecule is Cc1cnc(-c2ccc3c(c2)C(C)(C)C(F)(F)C3(C)C)c2ccccc12. The van der Waals surface area contributed by atoms with Crippen LogP contribution in [0.5, 0.6) is 0 Å². The van der Waals surface area contributed by atoms with Crippen LogP contribution >= 0.6 is 0 Å². The molecular formula is C23H23F2N. The zero-order valence-electron chi connectivity index (χ0n) is 15.8. The Hall–Kier alpha value is -2.29. The summed E-state index contributed by atoms with van der Waals surface area (Å²) in [6, 6.07) is 13.8. The number of pyridine rings is 1. The zero-order valence-corrected chi connectivity index (χ0v) is 15.8. The molecule has 3 aromatic rings. The summed E-state index contributed by atoms with van der Waals surface area (Å²) < 4.78 is 30.2. The second-order valence-corrected chi connectivity index (χ2v) is 8.42. The van der Waals surface area contributed by atoms with E-state index in [4.69, 9.17) is 0 Å². The summed E-state index contributed by atoms with van der Waals surface area (Å²) in [5, 5.41) is 2.19. The lowest BCUT2D eigenvalue weighted by molar-refractivity contribution is -0.105. The van der Waals surface area contributed by atoms with Gasteiger partial charge in [0.15, 0.2) is 0 Å². The van der Waals surface area contributed by atoms with Crippen LogP contribution in [0.2, 0.25) is 0 Å². The van der Waals surface area contributed by atoms with Gasteiger partial charge in [-0.25, -0.2) is 8.78 Å². The molecule has 0 unspecified atom stereocenters. The minimum absolute atomic E-state index is 0.719. The summed E-state index contributed by atoms with van der Waals surface area (Å²) in [7, 11) is 0. The first-order valence-corrected chi connectivity index (χ1v) is 8.96. The predicted octanol–water partition coefficient (Wildman–Crippen LogP) is 6.41. The number of hydrogen-bond acceptors (Lipinski definition) is 1. The maximum absolute atomic E-state index is 15.1. The number of fused-ring (bicyclic) bond motifs is 2. The van der Waals surface area contributed by atoms with E-state index in [0.717, 1.165) is 38.7 Å². The van der Waals surface area contributed by atoms with Gasteiger partial charge in [0.2, 0.25) is 0 Å². The summed E-state index contributed by atoms with van der Waals surface area (Å²) in [6.45, 7) is 8.60. The van der Waals surface area contributed by atoms with Crippen molar-refractivity contribution in [1.29, 1.82) is 0 Å². The lowest BCUT2D eigenvalue weighted by Crippen LogP contribution is -2.46. The Labute approximate surface area is 153 Å². The lowest BCUT2D eigenvalue weighted by atomic mass is 9.77. The third-order valence-electron chi connectivity index (χ3n) is 6.20. The maximum Gasteiger partial charge on any atom is 0.266 e. The molecule has 0 bridgehead atoms. The van der Waals surface area contributed by atoms with Crippen LogP contribution in [0.3, 0.4) is 0 Å². The molecule has 134 valence electrons. The molecule has 1 aromatic heterocycles. The summed E-state index contributed by atoms with van der Waals surface area (Å²) in [5.74, 6) is -2.82. The third-order valence-corrected chi connectivity index (χ3v) is 6.20. The fourth-order valence-corrected chi connectivity index (χ4v) is 4.44. The molecule has 0 spiro atoms. The van der Waals surface area contributed by atoms with E-state index in [2.05, 4.69) is 11.1 Å². The van der Waals surface area contributed by atoms with Crippen molar-refractivity contribution in [1.82, 2.24) is 4.98 Å². The standard InChI is InChI=1S/C23H23F2N/c1-14-13-26-20(17-9-7-6-8-16(14)17)15-10-11-18-19(12-15)22(4,5)23(24,25)21(18,2)3/h6-13H,1-5H3. The number of benzene rings is 2. The summed E-state index contributed by atoms with van der Waals surface area (Å²) >= 11 is 0. The van der Waals surface area contributed by atoms with E-state index < -0.39 is 16.8 Å². The van der Waals surface area contributed by atoms with Crippen LogP contribution in [0.15, 0.2) is 48.7 Å². The molecule has 0 aliphatic heterocycles. The molecule has 0 saturated heterocycles. The molecule has 3 heteroatoms. The number of halogens is 2. The van der Waals surface area contributed by atoms with E-state index in [1.54, 1.807) is 27.7 Å². The number of alkyl halides is 2. The van der Waals surface area contributed by atoms with E-state index in [-0.39, 0.29) is 0 Å². The number of nitrogens with zero attached hydrogens (tertiary/aromatic N) is 1. The van der Waals surface area contributed by atoms with Crippen LogP contribution in [0.25, 0.3) is 22.0 Å². The van der Waals surface area contributed by atoms with Gasteiger partial charge in [0.1, 0.15) is 0 Å². The van der Waals surface area contributed by atoms with Crippen LogP contribution < -0.4 is 0 Å². The molecule has 26 heavy (non-hydrogen) atoms. The second-order valence-electron chi connectivity index (χ2n) is 8.42. The van der Waals surface area contributed by atoms with Crippen molar-refractivity contribution in [3.8, 4) is 11.3 Å². The highest BCUT2D eigenvalue weighted by Gasteiger charge is 2.65. The molecule has 1 aliphatic carbocycles. The first-order valence-electron chi connectivity index (χ1n) is 8.96. The van der Waals surface area contributed by atoms with Crippen LogP contribution in [0.4, 0.5) is 8.78 Å². The lowest BCUT2D eigenvalue weighted by Gasteiger charge is -2.35. The minimum atomic E-state index is -2.82. The van der Waals surface area contributed by atoms with E-state index in [1.165, 1.54) is 0 Å². The van der Waals surface area contributed by atoms with Gasteiger partial charge in [-0.05, 0) is 62.8 Å². The van der Waals surface area contributed by atoms with Crippen LogP contribution in [-0.4, -0.2) is 10.9 Å². The van der Waals surface area contributed by atoms with Gasteiger partial charge in [-0.1, -0.05) is 36.4 Å². The Morgan fingerprint density at radius 1 is 0.808 bits per heavy atom. The first-order chi connectivity index (χ1) is 12.1. The monoisotopic (exact) mass is 351 g/mol. The Kier molecular flexibility index (Phi) is 3.38. The van der Waals surface area contributed by atoms with Crippen molar-refractivity contribution < 1.29 is 8.78 Å². The number of hydrogen-bond donors (Lipinski definition) is 0. The predicted molar refractivity (Wildman–Crippen MR) is 103 cm³/mol. The number of aryl methyl sites for hydroxylation is 1. The molecule has 1 aliphatic rings. The Morgan fingerprint density at radius 2 is 1.42 bits per heavy atom. The summed E-state index contributed by atoms with van der Waals surface area (Å²) in [6.07, 6.45) is 1.86. The van der Waals surface area contributed by atoms with Gasteiger partial charge in [-0.2, -0.15) is 0 Å². The maximum atomic E-state index is 15.1. The van der Waals surface area contributed by atoms with Crippen LogP contribution in [0, 0.1) is 6.92 Å². The largest absolute Gasteiger partial charge is 0.266 e. The molecule has 0 fully saturated rings. The molecule has 4 rings (SSSR count). The van der Waals surface area contributed by atoms with Crippen molar-refractivity contribution in [2.75, 3.05) is 0 Å². The average Bonchev–Trinajstić information content (AvgIpc) is 2.71. The highest BCUT2D eigenvalue weighted by molar-refractivity contribution is 5.96. The highest BCUT2D eigenvalue weighted by Crippen LogP contribution is 2.59. The molecular weight excluding hydrogens is 328 g/mol. The Bertz CT molecular complexity index is 1030. The van der Waals surface area contributed by atoms with Crippen LogP contribution in [0.1, 0.15) is 44.4 Å². The van der Waals surface area contributed by atoms with E-state index in [0.29, 0.717) is 0 Å². The molecule has 1 heterocycles. The topological polar surface area (TPSA) is 12.9 Å². The first kappa shape index (κ1) is 17.1. The quantitative estimate of drug-likeness (QED) is 0.493. The fraction of sp³-hybridized carbons (Fsp3) is 0.348. The normalized spacial score (nSPS) is 19.5. The van der Waals surface area contributed by atoms with E-state index in [1.807, 2.05) is 49.5 Å². The Balaban J connectivity index is 1.98. The molecule has 1 nitrogen and oxygen atoms in total. The number of rotatable bonds is 1. The van der Waals surface area contributed by atoms with E-state index >= 15 is 8.78 Å². The van der Waals surface area contributed by atoms with Crippen molar-refractivity contribution >= 4 is 10.8 Å². The molecule has 0 saturated carbocycles. The van der Waals surface area contributed by atoms with Crippen molar-refractivity contribution in [3.05, 3.63) is 65.4 Å². The molecule has 0 amide bonds. The van der Waals surface area contributed by atoms with Crippen molar-refractivity contribution in [2.24, 2.45) is 0 Å². The van der Waals surface area contributed by atoms with Crippen LogP contribution in [-0.2, 0) is 10.8 Å². The number of aromatic nitrogens is 1. The molecule has 0 atom stereocenters. The van der Waals surface area contributed by atoms with Gasteiger partial charge in [0.05, 0.1) is 16.5 Å². The van der Waals surface area contributed by atoms with Gasteiger partial charge < -0.3 is 0 Å². The van der Waals surface area contributed by atoms with Gasteiger partial charge in [0, 0.05) is 17.1 Å². The van der Waals surface area contributed by atoms with Crippen molar-refractivity contribution in [2.45, 2.75) is 51.4 Å². The summed E-state index contributed by atoms with van der Waals surface area (Å²) in [5.41, 5.74) is 1.89. The van der Waals surface area contributed by atoms with Gasteiger partial charge in [-0.15, -0.1) is 0 Å². The summed E-state index contributed by atoms with van der Waals surface area (Å²) in [4.78, 5) is 4.64. The fourth-order valence-electron chi connectivity index (χ4n) is 4.44. The average molecular weight is 351 g/mol. The zero-order chi connectivity index (χ0) is 18.9. The second kappa shape index (κ2) is 5.12.